The second kappa shape index (κ2) is 35.9. The van der Waals surface area contributed by atoms with Gasteiger partial charge in [-0.3, -0.25) is 27.7 Å². The molecule has 0 amide bonds. The summed E-state index contributed by atoms with van der Waals surface area (Å²) in [6.07, 6.45) is 16.6. The molecule has 384 valence electrons. The van der Waals surface area contributed by atoms with Crippen LogP contribution in [-0.4, -0.2) is 108 Å². The monoisotopic (exact) mass is 996 g/mol. The number of allylic oxidation sites excluding steroid dienone is 2. The molecule has 1 saturated carbocycles. The van der Waals surface area contributed by atoms with E-state index >= 15 is 0 Å². The molecule has 19 nitrogen and oxygen atoms in total. The topological polar surface area (TPSA) is 303 Å². The summed E-state index contributed by atoms with van der Waals surface area (Å²) in [5.74, 6) is -1.29. The van der Waals surface area contributed by atoms with Gasteiger partial charge in [-0.25, -0.2) is 13.7 Å². The lowest BCUT2D eigenvalue weighted by Gasteiger charge is -2.44. The zero-order valence-electron chi connectivity index (χ0n) is 38.8. The first-order chi connectivity index (χ1) is 30.8. The molecule has 8 unspecified atom stereocenters. The van der Waals surface area contributed by atoms with Gasteiger partial charge in [0.1, 0.15) is 43.2 Å². The maximum Gasteiger partial charge on any atom is 0.472 e. The van der Waals surface area contributed by atoms with Crippen molar-refractivity contribution in [2.45, 2.75) is 236 Å². The van der Waals surface area contributed by atoms with Crippen LogP contribution in [0.15, 0.2) is 12.2 Å². The summed E-state index contributed by atoms with van der Waals surface area (Å²) in [6, 6.07) is 0. The van der Waals surface area contributed by atoms with Crippen molar-refractivity contribution in [3.63, 3.8) is 0 Å². The highest BCUT2D eigenvalue weighted by atomic mass is 31.2. The first-order valence-corrected chi connectivity index (χ1v) is 28.5. The van der Waals surface area contributed by atoms with Gasteiger partial charge in [0.05, 0.1) is 6.61 Å². The van der Waals surface area contributed by atoms with Crippen molar-refractivity contribution in [3.8, 4) is 0 Å². The predicted molar refractivity (Wildman–Crippen MR) is 243 cm³/mol. The Hall–Kier alpha value is -1.11. The number of phosphoric ester groups is 3. The Morgan fingerprint density at radius 1 is 0.477 bits per heavy atom. The molecule has 1 fully saturated rings. The van der Waals surface area contributed by atoms with Gasteiger partial charge < -0.3 is 49.3 Å². The molecule has 1 aliphatic rings. The minimum atomic E-state index is -5.60. The third-order valence-electron chi connectivity index (χ3n) is 11.1. The molecule has 0 saturated heterocycles. The first kappa shape index (κ1) is 61.9. The Morgan fingerprint density at radius 3 is 1.29 bits per heavy atom. The summed E-state index contributed by atoms with van der Waals surface area (Å²) in [5, 5.41) is 31.9. The van der Waals surface area contributed by atoms with Gasteiger partial charge >= 0.3 is 35.4 Å². The average molecular weight is 997 g/mol. The van der Waals surface area contributed by atoms with Crippen LogP contribution in [0.25, 0.3) is 0 Å². The molecular weight excluding hydrogens is 913 g/mol. The normalized spacial score (nSPS) is 21.9. The molecule has 8 atom stereocenters. The lowest BCUT2D eigenvalue weighted by atomic mass is 9.85. The van der Waals surface area contributed by atoms with Crippen LogP contribution in [-0.2, 0) is 50.9 Å². The number of carbonyl (C=O) groups excluding carboxylic acids is 2. The van der Waals surface area contributed by atoms with Gasteiger partial charge in [0.15, 0.2) is 6.10 Å². The van der Waals surface area contributed by atoms with E-state index in [4.69, 9.17) is 18.5 Å². The lowest BCUT2D eigenvalue weighted by molar-refractivity contribution is -0.213. The maximum atomic E-state index is 13.1. The molecule has 0 aromatic carbocycles. The molecule has 1 rings (SSSR count). The number of aliphatic hydroxyl groups excluding tert-OH is 3. The maximum absolute atomic E-state index is 13.1. The Morgan fingerprint density at radius 2 is 0.846 bits per heavy atom. The second-order valence-electron chi connectivity index (χ2n) is 17.0. The summed E-state index contributed by atoms with van der Waals surface area (Å²) in [6.45, 7) is 2.93. The van der Waals surface area contributed by atoms with E-state index in [0.717, 1.165) is 77.0 Å². The van der Waals surface area contributed by atoms with Crippen LogP contribution < -0.4 is 0 Å². The number of carbonyl (C=O) groups is 2. The molecule has 0 spiro atoms. The standard InChI is InChI=1S/C43H83O19P3/c1-3-5-7-9-11-13-15-17-18-20-21-23-25-27-29-31-36(44)57-33-35(59-37(45)32-30-28-26-24-22-19-16-14-12-10-8-6-4-2)34-58-65(55,56)62-41-38(46)39(47)42(60-63(49,50)51)43(40(41)48)61-64(52,53)54/h13,15,35,38-43,46-48H,3-12,14,16-34H2,1-2H3,(H,55,56)(H2,49,50,51)(H2,52,53,54). The van der Waals surface area contributed by atoms with E-state index in [1.165, 1.54) is 77.0 Å². The molecular formula is C43H83O19P3. The zero-order valence-corrected chi connectivity index (χ0v) is 41.5. The van der Waals surface area contributed by atoms with Crippen LogP contribution in [0.1, 0.15) is 194 Å². The molecule has 22 heteroatoms. The molecule has 0 bridgehead atoms. The average Bonchev–Trinajstić information content (AvgIpc) is 3.23. The van der Waals surface area contributed by atoms with E-state index < -0.39 is 91.3 Å². The molecule has 1 aliphatic carbocycles. The summed E-state index contributed by atoms with van der Waals surface area (Å²) >= 11 is 0. The molecule has 65 heavy (non-hydrogen) atoms. The van der Waals surface area contributed by atoms with Crippen LogP contribution in [0, 0.1) is 0 Å². The molecule has 0 heterocycles. The highest BCUT2D eigenvalue weighted by molar-refractivity contribution is 7.47. The van der Waals surface area contributed by atoms with Crippen molar-refractivity contribution in [2.24, 2.45) is 0 Å². The van der Waals surface area contributed by atoms with Crippen molar-refractivity contribution in [2.75, 3.05) is 13.2 Å². The lowest BCUT2D eigenvalue weighted by Crippen LogP contribution is -2.65. The van der Waals surface area contributed by atoms with E-state index in [1.54, 1.807) is 0 Å². The van der Waals surface area contributed by atoms with Crippen molar-refractivity contribution < 1.29 is 90.6 Å². The highest BCUT2D eigenvalue weighted by Gasteiger charge is 2.56. The van der Waals surface area contributed by atoms with Crippen LogP contribution >= 0.6 is 23.5 Å². The Kier molecular flexibility index (Phi) is 34.2. The molecule has 0 aromatic heterocycles. The quantitative estimate of drug-likeness (QED) is 0.0123. The van der Waals surface area contributed by atoms with Crippen molar-refractivity contribution >= 4 is 35.4 Å². The van der Waals surface area contributed by atoms with E-state index in [0.29, 0.717) is 12.8 Å². The van der Waals surface area contributed by atoms with E-state index in [-0.39, 0.29) is 12.8 Å². The van der Waals surface area contributed by atoms with Crippen molar-refractivity contribution in [1.82, 2.24) is 0 Å². The largest absolute Gasteiger partial charge is 0.472 e. The zero-order chi connectivity index (χ0) is 48.6. The number of rotatable bonds is 41. The second-order valence-corrected chi connectivity index (χ2v) is 20.8. The summed E-state index contributed by atoms with van der Waals surface area (Å²) < 4.78 is 65.4. The Bertz CT molecular complexity index is 1420. The smallest absolute Gasteiger partial charge is 0.462 e. The number of hydrogen-bond acceptors (Lipinski definition) is 14. The minimum absolute atomic E-state index is 0.00245. The van der Waals surface area contributed by atoms with E-state index in [2.05, 4.69) is 35.0 Å². The van der Waals surface area contributed by atoms with Crippen molar-refractivity contribution in [1.29, 1.82) is 0 Å². The number of aliphatic hydroxyl groups is 3. The van der Waals surface area contributed by atoms with Gasteiger partial charge in [-0.15, -0.1) is 0 Å². The third-order valence-corrected chi connectivity index (χ3v) is 13.1. The fraction of sp³-hybridized carbons (Fsp3) is 0.907. The SMILES string of the molecule is CCCCCCC=CCCCCCCCCCC(=O)OCC(COP(=O)(O)OC1C(O)C(O)C(OP(=O)(O)O)C(OP(=O)(O)O)C1O)OC(=O)CCCCCCCCCCCCCCC. The van der Waals surface area contributed by atoms with Gasteiger partial charge in [-0.05, 0) is 38.5 Å². The summed E-state index contributed by atoms with van der Waals surface area (Å²) in [5.41, 5.74) is 0. The van der Waals surface area contributed by atoms with E-state index in [1.807, 2.05) is 0 Å². The van der Waals surface area contributed by atoms with Gasteiger partial charge in [0, 0.05) is 12.8 Å². The predicted octanol–water partition coefficient (Wildman–Crippen LogP) is 8.51. The van der Waals surface area contributed by atoms with E-state index in [9.17, 15) is 63.1 Å². The molecule has 0 aromatic rings. The highest BCUT2D eigenvalue weighted by Crippen LogP contribution is 2.51. The van der Waals surface area contributed by atoms with Crippen molar-refractivity contribution in [3.05, 3.63) is 12.2 Å². The molecule has 8 N–H and O–H groups in total. The summed E-state index contributed by atoms with van der Waals surface area (Å²) in [4.78, 5) is 73.1. The third kappa shape index (κ3) is 32.4. The van der Waals surface area contributed by atoms with Gasteiger partial charge in [0.25, 0.3) is 0 Å². The minimum Gasteiger partial charge on any atom is -0.462 e. The number of unbranched alkanes of at least 4 members (excludes halogenated alkanes) is 23. The van der Waals surface area contributed by atoms with Gasteiger partial charge in [0.2, 0.25) is 0 Å². The van der Waals surface area contributed by atoms with Gasteiger partial charge in [-0.1, -0.05) is 154 Å². The molecule has 0 radical (unpaired) electrons. The van der Waals surface area contributed by atoms with Crippen LogP contribution in [0.3, 0.4) is 0 Å². The van der Waals surface area contributed by atoms with Crippen LogP contribution in [0.4, 0.5) is 0 Å². The number of hydrogen-bond donors (Lipinski definition) is 8. The number of ether oxygens (including phenoxy) is 2. The number of phosphoric acid groups is 3. The first-order valence-electron chi connectivity index (χ1n) is 24.0. The Balaban J connectivity index is 2.73. The summed E-state index contributed by atoms with van der Waals surface area (Å²) in [7, 11) is -16.6. The fourth-order valence-corrected chi connectivity index (χ4v) is 9.56. The molecule has 0 aliphatic heterocycles. The fourth-order valence-electron chi connectivity index (χ4n) is 7.46. The van der Waals surface area contributed by atoms with Gasteiger partial charge in [-0.2, -0.15) is 0 Å². The van der Waals surface area contributed by atoms with Crippen LogP contribution in [0.5, 0.6) is 0 Å². The number of esters is 2. The van der Waals surface area contributed by atoms with Crippen LogP contribution in [0.2, 0.25) is 0 Å². The Labute approximate surface area is 386 Å².